The van der Waals surface area contributed by atoms with E-state index in [9.17, 15) is 18.0 Å². The quantitative estimate of drug-likeness (QED) is 0.623. The minimum absolute atomic E-state index is 0.00170. The van der Waals surface area contributed by atoms with Crippen molar-refractivity contribution in [2.24, 2.45) is 0 Å². The molecule has 1 amide bonds. The van der Waals surface area contributed by atoms with Gasteiger partial charge in [0.25, 0.3) is 0 Å². The predicted molar refractivity (Wildman–Crippen MR) is 123 cm³/mol. The van der Waals surface area contributed by atoms with Gasteiger partial charge in [0.05, 0.1) is 16.6 Å². The van der Waals surface area contributed by atoms with E-state index in [1.807, 2.05) is 14.1 Å². The third-order valence-electron chi connectivity index (χ3n) is 5.40. The summed E-state index contributed by atoms with van der Waals surface area (Å²) in [7, 11) is 5.22. The summed E-state index contributed by atoms with van der Waals surface area (Å²) in [6.07, 6.45) is -2.78. The second-order valence-electron chi connectivity index (χ2n) is 8.14. The highest BCUT2D eigenvalue weighted by Gasteiger charge is 2.38. The van der Waals surface area contributed by atoms with Crippen molar-refractivity contribution in [1.82, 2.24) is 19.8 Å². The summed E-state index contributed by atoms with van der Waals surface area (Å²) in [5.41, 5.74) is -0.429. The highest BCUT2D eigenvalue weighted by Crippen LogP contribution is 2.37. The second kappa shape index (κ2) is 10.3. The lowest BCUT2D eigenvalue weighted by molar-refractivity contribution is -0.137. The topological polar surface area (TPSA) is 64.6 Å². The Morgan fingerprint density at radius 1 is 1.18 bits per heavy atom. The number of rotatable bonds is 6. The smallest absolute Gasteiger partial charge is 0.356 e. The molecule has 1 N–H and O–H groups in total. The van der Waals surface area contributed by atoms with E-state index >= 15 is 0 Å². The van der Waals surface area contributed by atoms with Crippen LogP contribution in [0.25, 0.3) is 0 Å². The van der Waals surface area contributed by atoms with Gasteiger partial charge < -0.3 is 20.0 Å². The van der Waals surface area contributed by atoms with Crippen LogP contribution in [0.3, 0.4) is 0 Å². The van der Waals surface area contributed by atoms with Crippen molar-refractivity contribution >= 4 is 46.6 Å². The molecule has 0 saturated carbocycles. The Morgan fingerprint density at radius 3 is 2.42 bits per heavy atom. The summed E-state index contributed by atoms with van der Waals surface area (Å²) in [6.45, 7) is 1.25. The second-order valence-corrected chi connectivity index (χ2v) is 8.96. The minimum atomic E-state index is -4.62. The van der Waals surface area contributed by atoms with Crippen molar-refractivity contribution < 1.29 is 18.0 Å². The number of likely N-dealkylation sites (tertiary alicyclic amines) is 1. The number of likely N-dealkylation sites (N-methyl/N-ethyl adjacent to an activating group) is 1. The fourth-order valence-electron chi connectivity index (χ4n) is 3.65. The number of hydrogen-bond donors (Lipinski definition) is 1. The van der Waals surface area contributed by atoms with Crippen LogP contribution in [-0.2, 0) is 11.0 Å². The molecule has 1 aromatic carbocycles. The molecule has 180 valence electrons. The molecule has 1 fully saturated rings. The first-order valence-corrected chi connectivity index (χ1v) is 11.0. The Labute approximate surface area is 200 Å². The van der Waals surface area contributed by atoms with Gasteiger partial charge in [-0.15, -0.1) is 0 Å². The van der Waals surface area contributed by atoms with Crippen LogP contribution in [0.5, 0.6) is 0 Å². The minimum Gasteiger partial charge on any atom is -0.356 e. The fraction of sp³-hybridized carbons (Fsp3) is 0.476. The molecule has 1 saturated heterocycles. The maximum atomic E-state index is 13.7. The van der Waals surface area contributed by atoms with Crippen molar-refractivity contribution in [3.05, 3.63) is 40.0 Å². The van der Waals surface area contributed by atoms with Gasteiger partial charge in [-0.25, -0.2) is 4.98 Å². The Kier molecular flexibility index (Phi) is 7.92. The largest absolute Gasteiger partial charge is 0.421 e. The number of nitrogens with one attached hydrogen (secondary N) is 1. The molecule has 2 heterocycles. The summed E-state index contributed by atoms with van der Waals surface area (Å²) >= 11 is 11.9. The van der Waals surface area contributed by atoms with E-state index in [0.29, 0.717) is 48.2 Å². The Morgan fingerprint density at radius 2 is 1.85 bits per heavy atom. The highest BCUT2D eigenvalue weighted by atomic mass is 35.5. The lowest BCUT2D eigenvalue weighted by Gasteiger charge is -2.38. The molecule has 0 spiro atoms. The normalized spacial score (nSPS) is 15.1. The number of nitrogens with zero attached hydrogens (tertiary/aromatic N) is 5. The molecule has 2 aromatic rings. The molecule has 1 aliphatic heterocycles. The van der Waals surface area contributed by atoms with Crippen LogP contribution in [0.15, 0.2) is 24.4 Å². The fourth-order valence-corrected chi connectivity index (χ4v) is 3.95. The Hall–Kier alpha value is -2.30. The summed E-state index contributed by atoms with van der Waals surface area (Å²) in [6, 6.07) is 4.52. The van der Waals surface area contributed by atoms with Crippen LogP contribution in [0.2, 0.25) is 10.0 Å². The van der Waals surface area contributed by atoms with E-state index in [-0.39, 0.29) is 23.7 Å². The molecular formula is C21H25Cl2F3N6O. The van der Waals surface area contributed by atoms with Gasteiger partial charge in [-0.1, -0.05) is 23.2 Å². The van der Waals surface area contributed by atoms with Crippen molar-refractivity contribution in [3.63, 3.8) is 0 Å². The Bertz CT molecular complexity index is 996. The standard InChI is InChI=1S/C21H25Cl2F3N6O/c1-30(2)12-18(33)32-8-6-14(7-9-32)31(3)19-15(21(24,25)26)11-27-20(29-19)28-13-4-5-16(22)17(23)10-13/h4-5,10-11,14H,6-9,12H2,1-3H3,(H,27,28,29). The molecule has 1 aliphatic rings. The number of carbonyl (C=O) groups is 1. The Balaban J connectivity index is 1.80. The number of anilines is 3. The van der Waals surface area contributed by atoms with Gasteiger partial charge in [-0.3, -0.25) is 4.79 Å². The number of piperidine rings is 1. The van der Waals surface area contributed by atoms with E-state index < -0.39 is 11.7 Å². The van der Waals surface area contributed by atoms with Crippen molar-refractivity contribution in [2.75, 3.05) is 51.0 Å². The van der Waals surface area contributed by atoms with E-state index in [2.05, 4.69) is 15.3 Å². The number of amides is 1. The SMILES string of the molecule is CN(C)CC(=O)N1CCC(N(C)c2nc(Nc3ccc(Cl)c(Cl)c3)ncc2C(F)(F)F)CC1. The van der Waals surface area contributed by atoms with Gasteiger partial charge in [-0.2, -0.15) is 18.2 Å². The van der Waals surface area contributed by atoms with Crippen molar-refractivity contribution in [3.8, 4) is 0 Å². The third kappa shape index (κ3) is 6.39. The maximum Gasteiger partial charge on any atom is 0.421 e. The van der Waals surface area contributed by atoms with Gasteiger partial charge >= 0.3 is 6.18 Å². The molecule has 0 unspecified atom stereocenters. The zero-order chi connectivity index (χ0) is 24.3. The molecule has 0 aliphatic carbocycles. The monoisotopic (exact) mass is 504 g/mol. The number of carbonyl (C=O) groups excluding carboxylic acids is 1. The predicted octanol–water partition coefficient (Wildman–Crippen LogP) is 4.53. The van der Waals surface area contributed by atoms with E-state index in [1.54, 1.807) is 29.0 Å². The summed E-state index contributed by atoms with van der Waals surface area (Å²) in [5, 5.41) is 3.52. The zero-order valence-corrected chi connectivity index (χ0v) is 20.0. The van der Waals surface area contributed by atoms with Crippen molar-refractivity contribution in [2.45, 2.75) is 25.1 Å². The number of benzene rings is 1. The van der Waals surface area contributed by atoms with Gasteiger partial charge in [0, 0.05) is 38.1 Å². The molecule has 7 nitrogen and oxygen atoms in total. The molecule has 0 atom stereocenters. The molecule has 3 rings (SSSR count). The number of aromatic nitrogens is 2. The van der Waals surface area contributed by atoms with Gasteiger partial charge in [-0.05, 0) is 45.1 Å². The number of hydrogen-bond acceptors (Lipinski definition) is 6. The number of halogens is 5. The van der Waals surface area contributed by atoms with Crippen LogP contribution in [-0.4, -0.2) is 72.5 Å². The van der Waals surface area contributed by atoms with Crippen LogP contribution in [0, 0.1) is 0 Å². The summed E-state index contributed by atoms with van der Waals surface area (Å²) < 4.78 is 41.1. The van der Waals surface area contributed by atoms with E-state index in [4.69, 9.17) is 23.2 Å². The average Bonchev–Trinajstić information content (AvgIpc) is 2.74. The molecule has 12 heteroatoms. The van der Waals surface area contributed by atoms with Crippen LogP contribution in [0.1, 0.15) is 18.4 Å². The van der Waals surface area contributed by atoms with Gasteiger partial charge in [0.2, 0.25) is 11.9 Å². The zero-order valence-electron chi connectivity index (χ0n) is 18.5. The molecule has 0 radical (unpaired) electrons. The molecule has 0 bridgehead atoms. The maximum absolute atomic E-state index is 13.7. The van der Waals surface area contributed by atoms with Crippen molar-refractivity contribution in [1.29, 1.82) is 0 Å². The van der Waals surface area contributed by atoms with E-state index in [0.717, 1.165) is 6.20 Å². The molecule has 33 heavy (non-hydrogen) atoms. The summed E-state index contributed by atoms with van der Waals surface area (Å²) in [5.74, 6) is -0.216. The lowest BCUT2D eigenvalue weighted by atomic mass is 10.0. The van der Waals surface area contributed by atoms with Crippen LogP contribution >= 0.6 is 23.2 Å². The molecule has 1 aromatic heterocycles. The highest BCUT2D eigenvalue weighted by molar-refractivity contribution is 6.42. The lowest BCUT2D eigenvalue weighted by Crippen LogP contribution is -2.48. The first-order valence-electron chi connectivity index (χ1n) is 10.3. The third-order valence-corrected chi connectivity index (χ3v) is 6.14. The first-order chi connectivity index (χ1) is 15.5. The molecular weight excluding hydrogens is 480 g/mol. The number of alkyl halides is 3. The van der Waals surface area contributed by atoms with Gasteiger partial charge in [0.15, 0.2) is 0 Å². The summed E-state index contributed by atoms with van der Waals surface area (Å²) in [4.78, 5) is 25.4. The van der Waals surface area contributed by atoms with Crippen LogP contribution in [0.4, 0.5) is 30.6 Å². The van der Waals surface area contributed by atoms with Crippen LogP contribution < -0.4 is 10.2 Å². The van der Waals surface area contributed by atoms with Gasteiger partial charge in [0.1, 0.15) is 11.4 Å². The average molecular weight is 505 g/mol. The van der Waals surface area contributed by atoms with E-state index in [1.165, 1.54) is 11.0 Å². The first kappa shape index (κ1) is 25.3.